The van der Waals surface area contributed by atoms with Crippen LogP contribution in [0.15, 0.2) is 53.3 Å². The first-order chi connectivity index (χ1) is 10.1. The van der Waals surface area contributed by atoms with Gasteiger partial charge in [0.25, 0.3) is 5.91 Å². The zero-order chi connectivity index (χ0) is 14.8. The van der Waals surface area contributed by atoms with E-state index in [0.29, 0.717) is 5.69 Å². The average Bonchev–Trinajstić information content (AvgIpc) is 2.47. The molecule has 2 aromatic carbocycles. The van der Waals surface area contributed by atoms with Gasteiger partial charge in [-0.1, -0.05) is 39.7 Å². The van der Waals surface area contributed by atoms with Crippen molar-refractivity contribution in [1.82, 2.24) is 9.97 Å². The zero-order valence-electron chi connectivity index (χ0n) is 10.7. The van der Waals surface area contributed by atoms with Gasteiger partial charge >= 0.3 is 0 Å². The van der Waals surface area contributed by atoms with Crippen LogP contribution in [0.2, 0.25) is 5.15 Å². The van der Waals surface area contributed by atoms with Gasteiger partial charge in [-0.25, -0.2) is 4.98 Å². The number of halogens is 2. The van der Waals surface area contributed by atoms with Crippen LogP contribution in [0.4, 0.5) is 5.69 Å². The Morgan fingerprint density at radius 3 is 2.67 bits per heavy atom. The lowest BCUT2D eigenvalue weighted by Crippen LogP contribution is -2.14. The molecule has 0 atom stereocenters. The highest BCUT2D eigenvalue weighted by molar-refractivity contribution is 9.10. The number of benzene rings is 2. The molecule has 0 aliphatic rings. The van der Waals surface area contributed by atoms with E-state index in [0.717, 1.165) is 15.2 Å². The predicted octanol–water partition coefficient (Wildman–Crippen LogP) is 4.30. The van der Waals surface area contributed by atoms with Crippen LogP contribution >= 0.6 is 27.5 Å². The van der Waals surface area contributed by atoms with Crippen molar-refractivity contribution in [1.29, 1.82) is 0 Å². The van der Waals surface area contributed by atoms with Crippen LogP contribution in [0.25, 0.3) is 10.8 Å². The van der Waals surface area contributed by atoms with E-state index in [9.17, 15) is 4.79 Å². The summed E-state index contributed by atoms with van der Waals surface area (Å²) in [4.78, 5) is 19.9. The van der Waals surface area contributed by atoms with E-state index in [-0.39, 0.29) is 16.8 Å². The third-order valence-corrected chi connectivity index (χ3v) is 3.57. The van der Waals surface area contributed by atoms with E-state index in [4.69, 9.17) is 11.6 Å². The van der Waals surface area contributed by atoms with Crippen molar-refractivity contribution in [2.45, 2.75) is 0 Å². The average molecular weight is 363 g/mol. The molecule has 0 saturated carbocycles. The standard InChI is InChI=1S/C15H9BrClN3O/c16-11-3-1-10-6-12(4-2-9(10)5-11)19-15(21)13-7-18-8-14(17)20-13/h1-8H,(H,19,21). The molecule has 0 bridgehead atoms. The number of hydrogen-bond acceptors (Lipinski definition) is 3. The van der Waals surface area contributed by atoms with Gasteiger partial charge < -0.3 is 5.32 Å². The van der Waals surface area contributed by atoms with Gasteiger partial charge in [-0.05, 0) is 35.0 Å². The fraction of sp³-hybridized carbons (Fsp3) is 0. The quantitative estimate of drug-likeness (QED) is 0.739. The second-order valence-corrected chi connectivity index (χ2v) is 5.69. The maximum absolute atomic E-state index is 12.1. The van der Waals surface area contributed by atoms with Gasteiger partial charge in [-0.3, -0.25) is 9.78 Å². The highest BCUT2D eigenvalue weighted by atomic mass is 79.9. The van der Waals surface area contributed by atoms with Crippen molar-refractivity contribution < 1.29 is 4.79 Å². The lowest BCUT2D eigenvalue weighted by atomic mass is 10.1. The number of carbonyl (C=O) groups excluding carboxylic acids is 1. The summed E-state index contributed by atoms with van der Waals surface area (Å²) in [5.41, 5.74) is 0.870. The van der Waals surface area contributed by atoms with Gasteiger partial charge in [0.2, 0.25) is 0 Å². The van der Waals surface area contributed by atoms with Crippen molar-refractivity contribution in [3.05, 3.63) is 64.1 Å². The molecule has 1 heterocycles. The Morgan fingerprint density at radius 1 is 1.10 bits per heavy atom. The second-order valence-electron chi connectivity index (χ2n) is 4.39. The number of amides is 1. The van der Waals surface area contributed by atoms with Crippen LogP contribution in [0, 0.1) is 0 Å². The third kappa shape index (κ3) is 3.20. The van der Waals surface area contributed by atoms with Gasteiger partial charge in [-0.2, -0.15) is 0 Å². The third-order valence-electron chi connectivity index (χ3n) is 2.90. The normalized spacial score (nSPS) is 10.6. The lowest BCUT2D eigenvalue weighted by molar-refractivity contribution is 0.102. The number of nitrogens with zero attached hydrogens (tertiary/aromatic N) is 2. The van der Waals surface area contributed by atoms with Crippen LogP contribution in [0.3, 0.4) is 0 Å². The zero-order valence-corrected chi connectivity index (χ0v) is 13.0. The van der Waals surface area contributed by atoms with E-state index in [2.05, 4.69) is 31.2 Å². The minimum atomic E-state index is -0.346. The smallest absolute Gasteiger partial charge is 0.275 e. The molecule has 104 valence electrons. The SMILES string of the molecule is O=C(Nc1ccc2cc(Br)ccc2c1)c1cncc(Cl)n1. The molecule has 3 rings (SSSR count). The summed E-state index contributed by atoms with van der Waals surface area (Å²) in [6.07, 6.45) is 2.76. The molecule has 21 heavy (non-hydrogen) atoms. The van der Waals surface area contributed by atoms with E-state index in [1.165, 1.54) is 12.4 Å². The summed E-state index contributed by atoms with van der Waals surface area (Å²) in [7, 11) is 0. The van der Waals surface area contributed by atoms with Crippen molar-refractivity contribution in [3.8, 4) is 0 Å². The Kier molecular flexibility index (Phi) is 3.86. The maximum Gasteiger partial charge on any atom is 0.275 e. The minimum absolute atomic E-state index is 0.179. The fourth-order valence-corrected chi connectivity index (χ4v) is 2.47. The van der Waals surface area contributed by atoms with Gasteiger partial charge in [0.05, 0.1) is 12.4 Å². The molecular formula is C15H9BrClN3O. The van der Waals surface area contributed by atoms with Crippen molar-refractivity contribution in [3.63, 3.8) is 0 Å². The first-order valence-corrected chi connectivity index (χ1v) is 7.27. The first-order valence-electron chi connectivity index (χ1n) is 6.10. The first kappa shape index (κ1) is 14.0. The molecule has 0 aliphatic heterocycles. The highest BCUT2D eigenvalue weighted by Gasteiger charge is 2.09. The maximum atomic E-state index is 12.1. The van der Waals surface area contributed by atoms with Crippen LogP contribution in [-0.4, -0.2) is 15.9 Å². The monoisotopic (exact) mass is 361 g/mol. The molecule has 1 N–H and O–H groups in total. The number of nitrogens with one attached hydrogen (secondary N) is 1. The second kappa shape index (κ2) is 5.79. The summed E-state index contributed by atoms with van der Waals surface area (Å²) < 4.78 is 1.01. The summed E-state index contributed by atoms with van der Waals surface area (Å²) in [5.74, 6) is -0.346. The van der Waals surface area contributed by atoms with Crippen molar-refractivity contribution in [2.75, 3.05) is 5.32 Å². The largest absolute Gasteiger partial charge is 0.321 e. The molecule has 0 unspecified atom stereocenters. The molecule has 0 radical (unpaired) electrons. The predicted molar refractivity (Wildman–Crippen MR) is 86.6 cm³/mol. The molecule has 0 aliphatic carbocycles. The Balaban J connectivity index is 1.87. The van der Waals surface area contributed by atoms with Gasteiger partial charge in [-0.15, -0.1) is 0 Å². The lowest BCUT2D eigenvalue weighted by Gasteiger charge is -2.06. The fourth-order valence-electron chi connectivity index (χ4n) is 1.94. The molecular weight excluding hydrogens is 354 g/mol. The Morgan fingerprint density at radius 2 is 1.86 bits per heavy atom. The summed E-state index contributed by atoms with van der Waals surface area (Å²) >= 11 is 9.16. The summed E-state index contributed by atoms with van der Waals surface area (Å²) in [6, 6.07) is 11.6. The van der Waals surface area contributed by atoms with E-state index < -0.39 is 0 Å². The Labute approximate surface area is 134 Å². The molecule has 6 heteroatoms. The van der Waals surface area contributed by atoms with Gasteiger partial charge in [0, 0.05) is 10.2 Å². The Bertz CT molecular complexity index is 838. The summed E-state index contributed by atoms with van der Waals surface area (Å²) in [5, 5.41) is 5.09. The van der Waals surface area contributed by atoms with Crippen LogP contribution in [-0.2, 0) is 0 Å². The van der Waals surface area contributed by atoms with Gasteiger partial charge in [0.1, 0.15) is 10.8 Å². The molecule has 1 amide bonds. The molecule has 1 aromatic heterocycles. The highest BCUT2D eigenvalue weighted by Crippen LogP contribution is 2.23. The van der Waals surface area contributed by atoms with Gasteiger partial charge in [0.15, 0.2) is 0 Å². The van der Waals surface area contributed by atoms with E-state index in [1.54, 1.807) is 0 Å². The Hall–Kier alpha value is -1.98. The van der Waals surface area contributed by atoms with Crippen LogP contribution < -0.4 is 5.32 Å². The van der Waals surface area contributed by atoms with Crippen molar-refractivity contribution >= 4 is 49.9 Å². The van der Waals surface area contributed by atoms with Crippen LogP contribution in [0.5, 0.6) is 0 Å². The van der Waals surface area contributed by atoms with Crippen molar-refractivity contribution in [2.24, 2.45) is 0 Å². The molecule has 4 nitrogen and oxygen atoms in total. The van der Waals surface area contributed by atoms with E-state index >= 15 is 0 Å². The summed E-state index contributed by atoms with van der Waals surface area (Å²) in [6.45, 7) is 0. The number of aromatic nitrogens is 2. The van der Waals surface area contributed by atoms with Crippen LogP contribution in [0.1, 0.15) is 10.5 Å². The number of fused-ring (bicyclic) bond motifs is 1. The topological polar surface area (TPSA) is 54.9 Å². The molecule has 0 fully saturated rings. The minimum Gasteiger partial charge on any atom is -0.321 e. The molecule has 0 spiro atoms. The number of rotatable bonds is 2. The van der Waals surface area contributed by atoms with E-state index in [1.807, 2.05) is 36.4 Å². The molecule has 3 aromatic rings. The number of carbonyl (C=O) groups is 1. The number of hydrogen-bond donors (Lipinski definition) is 1. The number of anilines is 1. The molecule has 0 saturated heterocycles.